The van der Waals surface area contributed by atoms with E-state index in [-0.39, 0.29) is 23.1 Å². The van der Waals surface area contributed by atoms with Crippen molar-refractivity contribution in [3.05, 3.63) is 33.9 Å². The number of hydrogen-bond acceptors (Lipinski definition) is 5. The molecule has 0 spiro atoms. The van der Waals surface area contributed by atoms with Gasteiger partial charge in [-0.1, -0.05) is 13.8 Å². The Morgan fingerprint density at radius 1 is 1.29 bits per heavy atom. The first-order chi connectivity index (χ1) is 11.3. The Bertz CT molecular complexity index is 653. The fourth-order valence-corrected chi connectivity index (χ4v) is 2.74. The molecule has 1 aliphatic rings. The van der Waals surface area contributed by atoms with E-state index < -0.39 is 16.9 Å². The molecule has 2 rings (SSSR count). The number of aliphatic carboxylic acids is 1. The largest absolute Gasteiger partial charge is 0.480 e. The van der Waals surface area contributed by atoms with Crippen molar-refractivity contribution in [1.29, 1.82) is 0 Å². The Balaban J connectivity index is 2.35. The molecule has 8 nitrogen and oxygen atoms in total. The zero-order chi connectivity index (χ0) is 17.9. The Labute approximate surface area is 139 Å². The molecule has 1 aromatic carbocycles. The fourth-order valence-electron chi connectivity index (χ4n) is 2.74. The number of benzene rings is 1. The molecule has 0 bridgehead atoms. The van der Waals surface area contributed by atoms with E-state index >= 15 is 0 Å². The Morgan fingerprint density at radius 2 is 1.92 bits per heavy atom. The van der Waals surface area contributed by atoms with Crippen molar-refractivity contribution in [2.45, 2.75) is 32.7 Å². The van der Waals surface area contributed by atoms with Crippen LogP contribution in [0.3, 0.4) is 0 Å². The second-order valence-electron chi connectivity index (χ2n) is 6.19. The number of nitrogens with zero attached hydrogens (tertiary/aromatic N) is 2. The van der Waals surface area contributed by atoms with Gasteiger partial charge in [-0.05, 0) is 30.9 Å². The molecule has 0 aromatic heterocycles. The van der Waals surface area contributed by atoms with Crippen LogP contribution < -0.4 is 5.32 Å². The number of nitro benzene ring substituents is 1. The quantitative estimate of drug-likeness (QED) is 0.609. The number of amides is 1. The van der Waals surface area contributed by atoms with E-state index in [0.717, 1.165) is 12.8 Å². The van der Waals surface area contributed by atoms with E-state index in [2.05, 4.69) is 5.32 Å². The highest BCUT2D eigenvalue weighted by molar-refractivity contribution is 5.99. The van der Waals surface area contributed by atoms with Crippen molar-refractivity contribution in [3.8, 4) is 0 Å². The first-order valence-corrected chi connectivity index (χ1v) is 7.88. The smallest absolute Gasteiger partial charge is 0.326 e. The molecule has 8 heteroatoms. The summed E-state index contributed by atoms with van der Waals surface area (Å²) in [6.45, 7) is 4.68. The third-order valence-corrected chi connectivity index (χ3v) is 4.07. The molecule has 1 saturated heterocycles. The van der Waals surface area contributed by atoms with Gasteiger partial charge in [-0.3, -0.25) is 14.9 Å². The van der Waals surface area contributed by atoms with Crippen LogP contribution in [0.1, 0.15) is 37.0 Å². The lowest BCUT2D eigenvalue weighted by Crippen LogP contribution is -2.34. The van der Waals surface area contributed by atoms with E-state index in [1.165, 1.54) is 18.2 Å². The standard InChI is InChI=1S/C16H21N3O5/c1-10(2)14(16(21)22)17-11-5-6-13(19(23)24)12(9-11)15(20)18-7-3-4-8-18/h5-6,9-10,14,17H,3-4,7-8H2,1-2H3,(H,21,22)/t14-/m0/s1. The summed E-state index contributed by atoms with van der Waals surface area (Å²) in [7, 11) is 0. The number of carboxylic acid groups (broad SMARTS) is 1. The average molecular weight is 335 g/mol. The molecule has 0 saturated carbocycles. The molecule has 130 valence electrons. The third kappa shape index (κ3) is 3.81. The minimum Gasteiger partial charge on any atom is -0.480 e. The molecule has 1 aliphatic heterocycles. The first kappa shape index (κ1) is 17.7. The lowest BCUT2D eigenvalue weighted by atomic mass is 10.0. The molecular weight excluding hydrogens is 314 g/mol. The second kappa shape index (κ2) is 7.29. The van der Waals surface area contributed by atoms with E-state index in [1.807, 2.05) is 0 Å². The fraction of sp³-hybridized carbons (Fsp3) is 0.500. The van der Waals surface area contributed by atoms with Crippen LogP contribution in [0.2, 0.25) is 0 Å². The number of nitrogens with one attached hydrogen (secondary N) is 1. The molecule has 1 atom stereocenters. The number of hydrogen-bond donors (Lipinski definition) is 2. The lowest BCUT2D eigenvalue weighted by molar-refractivity contribution is -0.385. The molecular formula is C16H21N3O5. The SMILES string of the molecule is CC(C)[C@H](Nc1ccc([N+](=O)[O-])c(C(=O)N2CCCC2)c1)C(=O)O. The number of carbonyl (C=O) groups is 2. The monoisotopic (exact) mass is 335 g/mol. The normalized spacial score (nSPS) is 15.4. The predicted octanol–water partition coefficient (Wildman–Crippen LogP) is 2.35. The van der Waals surface area contributed by atoms with Crippen molar-refractivity contribution in [3.63, 3.8) is 0 Å². The van der Waals surface area contributed by atoms with Crippen LogP contribution in [0.15, 0.2) is 18.2 Å². The number of nitro groups is 1. The molecule has 1 aromatic rings. The maximum atomic E-state index is 12.6. The molecule has 0 aliphatic carbocycles. The zero-order valence-corrected chi connectivity index (χ0v) is 13.7. The van der Waals surface area contributed by atoms with Crippen molar-refractivity contribution < 1.29 is 19.6 Å². The number of anilines is 1. The molecule has 1 amide bonds. The molecule has 1 fully saturated rings. The molecule has 0 radical (unpaired) electrons. The minimum absolute atomic E-state index is 0.0141. The summed E-state index contributed by atoms with van der Waals surface area (Å²) in [5.41, 5.74) is 0.0953. The van der Waals surface area contributed by atoms with Gasteiger partial charge < -0.3 is 15.3 Å². The topological polar surface area (TPSA) is 113 Å². The van der Waals surface area contributed by atoms with Crippen molar-refractivity contribution in [2.24, 2.45) is 5.92 Å². The van der Waals surface area contributed by atoms with E-state index in [1.54, 1.807) is 18.7 Å². The van der Waals surface area contributed by atoms with Crippen LogP contribution in [0.4, 0.5) is 11.4 Å². The van der Waals surface area contributed by atoms with Crippen molar-refractivity contribution >= 4 is 23.3 Å². The van der Waals surface area contributed by atoms with Crippen LogP contribution in [0.5, 0.6) is 0 Å². The number of carbonyl (C=O) groups excluding carboxylic acids is 1. The summed E-state index contributed by atoms with van der Waals surface area (Å²) in [5, 5.41) is 23.3. The summed E-state index contributed by atoms with van der Waals surface area (Å²) < 4.78 is 0. The summed E-state index contributed by atoms with van der Waals surface area (Å²) in [5.74, 6) is -1.59. The Hall–Kier alpha value is -2.64. The average Bonchev–Trinajstić information content (AvgIpc) is 3.05. The lowest BCUT2D eigenvalue weighted by Gasteiger charge is -2.20. The van der Waals surface area contributed by atoms with Gasteiger partial charge >= 0.3 is 5.97 Å². The first-order valence-electron chi connectivity index (χ1n) is 7.88. The summed E-state index contributed by atoms with van der Waals surface area (Å²) in [4.78, 5) is 36.1. The van der Waals surface area contributed by atoms with Crippen LogP contribution >= 0.6 is 0 Å². The van der Waals surface area contributed by atoms with Gasteiger partial charge in [0.25, 0.3) is 11.6 Å². The van der Waals surface area contributed by atoms with E-state index in [4.69, 9.17) is 0 Å². The van der Waals surface area contributed by atoms with Gasteiger partial charge in [0.1, 0.15) is 11.6 Å². The molecule has 1 heterocycles. The van der Waals surface area contributed by atoms with E-state index in [9.17, 15) is 24.8 Å². The van der Waals surface area contributed by atoms with Crippen LogP contribution in [0, 0.1) is 16.0 Å². The minimum atomic E-state index is -1.02. The van der Waals surface area contributed by atoms with Crippen molar-refractivity contribution in [1.82, 2.24) is 4.90 Å². The summed E-state index contributed by atoms with van der Waals surface area (Å²) in [6.07, 6.45) is 1.76. The molecule has 24 heavy (non-hydrogen) atoms. The van der Waals surface area contributed by atoms with Gasteiger partial charge in [0.2, 0.25) is 0 Å². The summed E-state index contributed by atoms with van der Waals surface area (Å²) >= 11 is 0. The third-order valence-electron chi connectivity index (χ3n) is 4.07. The number of rotatable bonds is 6. The highest BCUT2D eigenvalue weighted by Gasteiger charge is 2.28. The highest BCUT2D eigenvalue weighted by Crippen LogP contribution is 2.26. The Kier molecular flexibility index (Phi) is 5.38. The number of likely N-dealkylation sites (tertiary alicyclic amines) is 1. The maximum absolute atomic E-state index is 12.6. The zero-order valence-electron chi connectivity index (χ0n) is 13.7. The van der Waals surface area contributed by atoms with Crippen molar-refractivity contribution in [2.75, 3.05) is 18.4 Å². The van der Waals surface area contributed by atoms with E-state index in [0.29, 0.717) is 18.8 Å². The number of carboxylic acids is 1. The summed E-state index contributed by atoms with van der Waals surface area (Å²) in [6, 6.07) is 3.19. The van der Waals surface area contributed by atoms with Gasteiger partial charge in [-0.15, -0.1) is 0 Å². The predicted molar refractivity (Wildman–Crippen MR) is 88.1 cm³/mol. The van der Waals surface area contributed by atoms with Gasteiger partial charge in [0.05, 0.1) is 4.92 Å². The van der Waals surface area contributed by atoms with Gasteiger partial charge in [0, 0.05) is 24.8 Å². The Morgan fingerprint density at radius 3 is 2.42 bits per heavy atom. The second-order valence-corrected chi connectivity index (χ2v) is 6.19. The van der Waals surface area contributed by atoms with Crippen LogP contribution in [0.25, 0.3) is 0 Å². The highest BCUT2D eigenvalue weighted by atomic mass is 16.6. The van der Waals surface area contributed by atoms with Gasteiger partial charge in [0.15, 0.2) is 0 Å². The maximum Gasteiger partial charge on any atom is 0.326 e. The van der Waals surface area contributed by atoms with Crippen LogP contribution in [-0.4, -0.2) is 45.9 Å². The van der Waals surface area contributed by atoms with Gasteiger partial charge in [-0.2, -0.15) is 0 Å². The van der Waals surface area contributed by atoms with Gasteiger partial charge in [-0.25, -0.2) is 4.79 Å². The molecule has 2 N–H and O–H groups in total. The van der Waals surface area contributed by atoms with Crippen LogP contribution in [-0.2, 0) is 4.79 Å². The molecule has 0 unspecified atom stereocenters.